The lowest BCUT2D eigenvalue weighted by atomic mass is 10.0. The first-order chi connectivity index (χ1) is 15.2. The number of thiophene rings is 1. The number of hydrogen-bond acceptors (Lipinski definition) is 7. The molecule has 2 aromatic heterocycles. The highest BCUT2D eigenvalue weighted by Crippen LogP contribution is 2.40. The second-order valence-corrected chi connectivity index (χ2v) is 8.30. The molecule has 3 heterocycles. The van der Waals surface area contributed by atoms with Crippen LogP contribution < -0.4 is 20.1 Å². The number of nitrogens with zero attached hydrogens (tertiary/aromatic N) is 2. The number of carbonyl (C=O) groups is 1. The Hall–Kier alpha value is -3.65. The van der Waals surface area contributed by atoms with Crippen LogP contribution in [0.25, 0.3) is 21.3 Å². The largest absolute Gasteiger partial charge is 0.454 e. The van der Waals surface area contributed by atoms with Gasteiger partial charge in [0.25, 0.3) is 0 Å². The number of carbonyl (C=O) groups excluding carboxylic acids is 1. The number of aryl methyl sites for hydroxylation is 1. The molecule has 1 aliphatic heterocycles. The number of nitrogens with one attached hydrogen (secondary N) is 2. The predicted molar refractivity (Wildman–Crippen MR) is 122 cm³/mol. The van der Waals surface area contributed by atoms with Crippen LogP contribution in [0, 0.1) is 6.92 Å². The van der Waals surface area contributed by atoms with Crippen LogP contribution in [-0.4, -0.2) is 29.2 Å². The number of amides is 1. The Morgan fingerprint density at radius 2 is 1.94 bits per heavy atom. The van der Waals surface area contributed by atoms with Crippen LogP contribution in [-0.2, 0) is 4.79 Å². The molecule has 2 N–H and O–H groups in total. The van der Waals surface area contributed by atoms with Crippen LogP contribution in [0.2, 0.25) is 0 Å². The highest BCUT2D eigenvalue weighted by atomic mass is 32.1. The lowest BCUT2D eigenvalue weighted by molar-refractivity contribution is -0.115. The quantitative estimate of drug-likeness (QED) is 0.454. The molecule has 0 aliphatic carbocycles. The van der Waals surface area contributed by atoms with Crippen molar-refractivity contribution in [2.24, 2.45) is 0 Å². The number of fused-ring (bicyclic) bond motifs is 2. The molecule has 2 aromatic carbocycles. The van der Waals surface area contributed by atoms with Crippen molar-refractivity contribution in [3.63, 3.8) is 0 Å². The summed E-state index contributed by atoms with van der Waals surface area (Å²) < 4.78 is 10.6. The Morgan fingerprint density at radius 1 is 1.10 bits per heavy atom. The van der Waals surface area contributed by atoms with Crippen LogP contribution in [0.3, 0.4) is 0 Å². The van der Waals surface area contributed by atoms with E-state index in [1.54, 1.807) is 35.9 Å². The number of rotatable bonds is 6. The first kappa shape index (κ1) is 19.3. The third kappa shape index (κ3) is 3.89. The minimum Gasteiger partial charge on any atom is -0.454 e. The van der Waals surface area contributed by atoms with Gasteiger partial charge in [0, 0.05) is 35.2 Å². The predicted octanol–water partition coefficient (Wildman–Crippen LogP) is 4.84. The first-order valence-electron chi connectivity index (χ1n) is 9.92. The van der Waals surface area contributed by atoms with E-state index in [4.69, 9.17) is 9.47 Å². The molecule has 1 aliphatic rings. The minimum absolute atomic E-state index is 0.0959. The van der Waals surface area contributed by atoms with E-state index in [2.05, 4.69) is 39.7 Å². The molecule has 0 fully saturated rings. The maximum absolute atomic E-state index is 12.4. The van der Waals surface area contributed by atoms with Crippen LogP contribution >= 0.6 is 11.3 Å². The number of ether oxygens (including phenoxy) is 2. The van der Waals surface area contributed by atoms with Crippen LogP contribution in [0.5, 0.6) is 11.5 Å². The van der Waals surface area contributed by atoms with Gasteiger partial charge in [-0.05, 0) is 24.6 Å². The van der Waals surface area contributed by atoms with Gasteiger partial charge in [0.2, 0.25) is 12.7 Å². The number of benzene rings is 2. The zero-order valence-corrected chi connectivity index (χ0v) is 17.7. The van der Waals surface area contributed by atoms with E-state index in [1.807, 2.05) is 18.2 Å². The van der Waals surface area contributed by atoms with Gasteiger partial charge in [-0.3, -0.25) is 4.79 Å². The molecule has 0 radical (unpaired) electrons. The molecule has 4 aromatic rings. The van der Waals surface area contributed by atoms with E-state index >= 15 is 0 Å². The summed E-state index contributed by atoms with van der Waals surface area (Å²) in [6, 6.07) is 15.6. The fourth-order valence-electron chi connectivity index (χ4n) is 3.62. The lowest BCUT2D eigenvalue weighted by Gasteiger charge is -2.10. The van der Waals surface area contributed by atoms with Crippen molar-refractivity contribution >= 4 is 39.0 Å². The van der Waals surface area contributed by atoms with E-state index in [9.17, 15) is 4.79 Å². The van der Waals surface area contributed by atoms with Gasteiger partial charge in [0.1, 0.15) is 17.0 Å². The molecule has 7 nitrogen and oxygen atoms in total. The second kappa shape index (κ2) is 8.23. The summed E-state index contributed by atoms with van der Waals surface area (Å²) in [6.07, 6.45) is 1.85. The van der Waals surface area contributed by atoms with Crippen LogP contribution in [0.4, 0.5) is 11.5 Å². The van der Waals surface area contributed by atoms with E-state index in [0.29, 0.717) is 30.2 Å². The Kier molecular flexibility index (Phi) is 5.13. The van der Waals surface area contributed by atoms with Crippen molar-refractivity contribution in [1.82, 2.24) is 9.97 Å². The van der Waals surface area contributed by atoms with Crippen LogP contribution in [0.1, 0.15) is 11.3 Å². The third-order valence-electron chi connectivity index (χ3n) is 5.03. The van der Waals surface area contributed by atoms with Crippen molar-refractivity contribution in [3.05, 3.63) is 59.7 Å². The van der Waals surface area contributed by atoms with E-state index in [-0.39, 0.29) is 12.7 Å². The van der Waals surface area contributed by atoms with E-state index < -0.39 is 0 Å². The molecular formula is C23H20N4O3S. The van der Waals surface area contributed by atoms with Crippen molar-refractivity contribution in [2.45, 2.75) is 13.3 Å². The van der Waals surface area contributed by atoms with Gasteiger partial charge < -0.3 is 20.1 Å². The van der Waals surface area contributed by atoms with Crippen molar-refractivity contribution < 1.29 is 14.3 Å². The van der Waals surface area contributed by atoms with Gasteiger partial charge in [-0.1, -0.05) is 30.3 Å². The lowest BCUT2D eigenvalue weighted by Crippen LogP contribution is -2.16. The van der Waals surface area contributed by atoms with Crippen LogP contribution in [0.15, 0.2) is 54.9 Å². The Balaban J connectivity index is 1.29. The first-order valence-corrected chi connectivity index (χ1v) is 10.7. The maximum atomic E-state index is 12.4. The molecule has 0 unspecified atom stereocenters. The molecule has 0 saturated carbocycles. The molecule has 31 heavy (non-hydrogen) atoms. The van der Waals surface area contributed by atoms with Crippen molar-refractivity contribution in [2.75, 3.05) is 24.0 Å². The van der Waals surface area contributed by atoms with Crippen molar-refractivity contribution in [1.29, 1.82) is 0 Å². The zero-order valence-electron chi connectivity index (χ0n) is 16.8. The normalized spacial score (nSPS) is 12.2. The van der Waals surface area contributed by atoms with Crippen molar-refractivity contribution in [3.8, 4) is 22.6 Å². The smallest absolute Gasteiger partial charge is 0.231 e. The van der Waals surface area contributed by atoms with Gasteiger partial charge in [-0.15, -0.1) is 11.3 Å². The molecule has 156 valence electrons. The summed E-state index contributed by atoms with van der Waals surface area (Å²) in [5.41, 5.74) is 2.94. The van der Waals surface area contributed by atoms with Gasteiger partial charge >= 0.3 is 0 Å². The SMILES string of the molecule is Cc1sc2ncnc(NCCC(=O)Nc3ccc4c(c3)OCO4)c2c1-c1ccccc1. The topological polar surface area (TPSA) is 85.4 Å². The minimum atomic E-state index is -0.0959. The maximum Gasteiger partial charge on any atom is 0.231 e. The molecule has 0 atom stereocenters. The summed E-state index contributed by atoms with van der Waals surface area (Å²) >= 11 is 1.65. The molecule has 0 saturated heterocycles. The van der Waals surface area contributed by atoms with E-state index in [0.717, 1.165) is 27.2 Å². The van der Waals surface area contributed by atoms with E-state index in [1.165, 1.54) is 4.88 Å². The summed E-state index contributed by atoms with van der Waals surface area (Å²) in [5, 5.41) is 7.20. The van der Waals surface area contributed by atoms with Gasteiger partial charge in [0.05, 0.1) is 5.39 Å². The number of anilines is 2. The molecule has 0 spiro atoms. The molecule has 5 rings (SSSR count). The average molecular weight is 433 g/mol. The Labute approximate surface area is 183 Å². The van der Waals surface area contributed by atoms with Gasteiger partial charge in [0.15, 0.2) is 11.5 Å². The fourth-order valence-corrected chi connectivity index (χ4v) is 4.64. The summed E-state index contributed by atoms with van der Waals surface area (Å²) in [7, 11) is 0. The highest BCUT2D eigenvalue weighted by Gasteiger charge is 2.17. The third-order valence-corrected chi connectivity index (χ3v) is 6.04. The molecule has 1 amide bonds. The van der Waals surface area contributed by atoms with Gasteiger partial charge in [-0.25, -0.2) is 9.97 Å². The number of hydrogen-bond donors (Lipinski definition) is 2. The standard InChI is InChI=1S/C23H20N4O3S/c1-14-20(15-5-3-2-4-6-15)21-22(25-12-26-23(21)31-14)24-10-9-19(28)27-16-7-8-17-18(11-16)30-13-29-17/h2-8,11-12H,9-10,13H2,1H3,(H,27,28)(H,24,25,26). The summed E-state index contributed by atoms with van der Waals surface area (Å²) in [5.74, 6) is 1.97. The Morgan fingerprint density at radius 3 is 2.81 bits per heavy atom. The highest BCUT2D eigenvalue weighted by molar-refractivity contribution is 7.19. The molecule has 0 bridgehead atoms. The second-order valence-electron chi connectivity index (χ2n) is 7.09. The zero-order chi connectivity index (χ0) is 21.2. The summed E-state index contributed by atoms with van der Waals surface area (Å²) in [6.45, 7) is 2.75. The van der Waals surface area contributed by atoms with Gasteiger partial charge in [-0.2, -0.15) is 0 Å². The molecule has 8 heteroatoms. The molecular weight excluding hydrogens is 412 g/mol. The average Bonchev–Trinajstić information content (AvgIpc) is 3.37. The monoisotopic (exact) mass is 432 g/mol. The Bertz CT molecular complexity index is 1260. The number of aromatic nitrogens is 2. The fraction of sp³-hybridized carbons (Fsp3) is 0.174. The summed E-state index contributed by atoms with van der Waals surface area (Å²) in [4.78, 5) is 23.4.